The van der Waals surface area contributed by atoms with Gasteiger partial charge in [0.2, 0.25) is 0 Å². The standard InChI is InChI=1S/C13H19N3O2/c1-9-5-6-15(8-12(9)14)11-3-4-13(16(17)18)10(2)7-11/h3-4,7,9,12H,5-6,8,14H2,1-2H3. The summed E-state index contributed by atoms with van der Waals surface area (Å²) in [5, 5.41) is 10.8. The van der Waals surface area contributed by atoms with Gasteiger partial charge in [0.1, 0.15) is 0 Å². The average Bonchev–Trinajstić information content (AvgIpc) is 2.32. The fraction of sp³-hybridized carbons (Fsp3) is 0.538. The molecule has 2 atom stereocenters. The van der Waals surface area contributed by atoms with E-state index >= 15 is 0 Å². The third-order valence-corrected chi connectivity index (χ3v) is 3.76. The molecule has 0 spiro atoms. The molecule has 2 rings (SSSR count). The van der Waals surface area contributed by atoms with Crippen LogP contribution in [-0.4, -0.2) is 24.1 Å². The van der Waals surface area contributed by atoms with Gasteiger partial charge in [-0.25, -0.2) is 0 Å². The number of aryl methyl sites for hydroxylation is 1. The minimum Gasteiger partial charge on any atom is -0.370 e. The van der Waals surface area contributed by atoms with Crippen LogP contribution < -0.4 is 10.6 Å². The summed E-state index contributed by atoms with van der Waals surface area (Å²) in [5.41, 5.74) is 7.97. The minimum absolute atomic E-state index is 0.174. The Balaban J connectivity index is 2.19. The zero-order valence-corrected chi connectivity index (χ0v) is 10.8. The maximum absolute atomic E-state index is 10.8. The molecular weight excluding hydrogens is 230 g/mol. The lowest BCUT2D eigenvalue weighted by molar-refractivity contribution is -0.385. The van der Waals surface area contributed by atoms with Crippen molar-refractivity contribution in [3.05, 3.63) is 33.9 Å². The van der Waals surface area contributed by atoms with Gasteiger partial charge in [0.25, 0.3) is 5.69 Å². The minimum atomic E-state index is -0.344. The molecule has 1 aromatic rings. The summed E-state index contributed by atoms with van der Waals surface area (Å²) in [5.74, 6) is 0.542. The molecule has 1 aliphatic heterocycles. The molecule has 5 heteroatoms. The lowest BCUT2D eigenvalue weighted by atomic mass is 9.94. The van der Waals surface area contributed by atoms with E-state index in [4.69, 9.17) is 5.73 Å². The van der Waals surface area contributed by atoms with Crippen LogP contribution in [0.25, 0.3) is 0 Å². The van der Waals surface area contributed by atoms with Crippen molar-refractivity contribution in [1.29, 1.82) is 0 Å². The third-order valence-electron chi connectivity index (χ3n) is 3.76. The fourth-order valence-electron chi connectivity index (χ4n) is 2.37. The fourth-order valence-corrected chi connectivity index (χ4v) is 2.37. The van der Waals surface area contributed by atoms with Crippen LogP contribution in [0.5, 0.6) is 0 Å². The molecule has 1 saturated heterocycles. The Hall–Kier alpha value is -1.62. The van der Waals surface area contributed by atoms with Crippen LogP contribution in [0.2, 0.25) is 0 Å². The lowest BCUT2D eigenvalue weighted by Gasteiger charge is -2.36. The van der Waals surface area contributed by atoms with E-state index in [1.807, 2.05) is 12.1 Å². The molecule has 18 heavy (non-hydrogen) atoms. The summed E-state index contributed by atoms with van der Waals surface area (Å²) in [6.07, 6.45) is 1.07. The van der Waals surface area contributed by atoms with Crippen LogP contribution in [0.15, 0.2) is 18.2 Å². The number of nitrogens with two attached hydrogens (primary N) is 1. The number of piperidine rings is 1. The quantitative estimate of drug-likeness (QED) is 0.643. The van der Waals surface area contributed by atoms with Crippen LogP contribution in [0.1, 0.15) is 18.9 Å². The van der Waals surface area contributed by atoms with Gasteiger partial charge in [-0.15, -0.1) is 0 Å². The molecule has 0 bridgehead atoms. The molecule has 0 aromatic heterocycles. The van der Waals surface area contributed by atoms with E-state index in [9.17, 15) is 10.1 Å². The first kappa shape index (κ1) is 12.8. The zero-order chi connectivity index (χ0) is 13.3. The number of rotatable bonds is 2. The van der Waals surface area contributed by atoms with E-state index in [2.05, 4.69) is 11.8 Å². The SMILES string of the molecule is Cc1cc(N2CCC(C)C(N)C2)ccc1[N+](=O)[O-]. The highest BCUT2D eigenvalue weighted by molar-refractivity contribution is 5.55. The number of nitro benzene ring substituents is 1. The van der Waals surface area contributed by atoms with E-state index in [0.717, 1.165) is 25.2 Å². The van der Waals surface area contributed by atoms with Crippen LogP contribution in [-0.2, 0) is 0 Å². The molecule has 98 valence electrons. The van der Waals surface area contributed by atoms with Crippen molar-refractivity contribution in [3.63, 3.8) is 0 Å². The first-order valence-corrected chi connectivity index (χ1v) is 6.24. The Kier molecular flexibility index (Phi) is 3.52. The van der Waals surface area contributed by atoms with Crippen molar-refractivity contribution in [2.45, 2.75) is 26.3 Å². The first-order chi connectivity index (χ1) is 8.49. The second-order valence-corrected chi connectivity index (χ2v) is 5.10. The van der Waals surface area contributed by atoms with Crippen molar-refractivity contribution in [3.8, 4) is 0 Å². The summed E-state index contributed by atoms with van der Waals surface area (Å²) in [7, 11) is 0. The van der Waals surface area contributed by atoms with Crippen molar-refractivity contribution in [2.24, 2.45) is 11.7 Å². The van der Waals surface area contributed by atoms with Gasteiger partial charge in [-0.05, 0) is 31.4 Å². The summed E-state index contributed by atoms with van der Waals surface area (Å²) in [4.78, 5) is 12.6. The maximum Gasteiger partial charge on any atom is 0.272 e. The van der Waals surface area contributed by atoms with Crippen molar-refractivity contribution in [1.82, 2.24) is 0 Å². The highest BCUT2D eigenvalue weighted by atomic mass is 16.6. The predicted molar refractivity (Wildman–Crippen MR) is 71.8 cm³/mol. The second-order valence-electron chi connectivity index (χ2n) is 5.10. The summed E-state index contributed by atoms with van der Waals surface area (Å²) < 4.78 is 0. The number of nitro groups is 1. The van der Waals surface area contributed by atoms with Gasteiger partial charge in [0.15, 0.2) is 0 Å². The van der Waals surface area contributed by atoms with Crippen LogP contribution in [0.3, 0.4) is 0 Å². The molecular formula is C13H19N3O2. The monoisotopic (exact) mass is 249 g/mol. The lowest BCUT2D eigenvalue weighted by Crippen LogP contribution is -2.47. The number of nitrogens with zero attached hydrogens (tertiary/aromatic N) is 2. The molecule has 1 aromatic carbocycles. The largest absolute Gasteiger partial charge is 0.370 e. The van der Waals surface area contributed by atoms with Crippen LogP contribution in [0.4, 0.5) is 11.4 Å². The predicted octanol–water partition coefficient (Wildman–Crippen LogP) is 2.08. The normalized spacial score (nSPS) is 24.1. The molecule has 2 unspecified atom stereocenters. The molecule has 0 amide bonds. The van der Waals surface area contributed by atoms with E-state index in [0.29, 0.717) is 11.5 Å². The van der Waals surface area contributed by atoms with Gasteiger partial charge in [0, 0.05) is 36.4 Å². The smallest absolute Gasteiger partial charge is 0.272 e. The Morgan fingerprint density at radius 1 is 1.50 bits per heavy atom. The average molecular weight is 249 g/mol. The van der Waals surface area contributed by atoms with E-state index in [1.165, 1.54) is 0 Å². The molecule has 0 radical (unpaired) electrons. The maximum atomic E-state index is 10.8. The molecule has 1 fully saturated rings. The molecule has 1 aliphatic rings. The Morgan fingerprint density at radius 2 is 2.22 bits per heavy atom. The highest BCUT2D eigenvalue weighted by Crippen LogP contribution is 2.27. The molecule has 0 saturated carbocycles. The van der Waals surface area contributed by atoms with Gasteiger partial charge in [-0.3, -0.25) is 10.1 Å². The first-order valence-electron chi connectivity index (χ1n) is 6.24. The van der Waals surface area contributed by atoms with Crippen LogP contribution >= 0.6 is 0 Å². The van der Waals surface area contributed by atoms with Gasteiger partial charge in [0.05, 0.1) is 4.92 Å². The number of anilines is 1. The number of hydrogen-bond donors (Lipinski definition) is 1. The summed E-state index contributed by atoms with van der Waals surface area (Å²) in [6, 6.07) is 5.44. The number of benzene rings is 1. The Labute approximate surface area is 107 Å². The Bertz CT molecular complexity index is 462. The summed E-state index contributed by atoms with van der Waals surface area (Å²) in [6.45, 7) is 5.72. The third kappa shape index (κ3) is 2.46. The Morgan fingerprint density at radius 3 is 2.78 bits per heavy atom. The molecule has 5 nitrogen and oxygen atoms in total. The topological polar surface area (TPSA) is 72.4 Å². The molecule has 1 heterocycles. The van der Waals surface area contributed by atoms with Gasteiger partial charge < -0.3 is 10.6 Å². The van der Waals surface area contributed by atoms with Crippen molar-refractivity contribution < 1.29 is 4.92 Å². The highest BCUT2D eigenvalue weighted by Gasteiger charge is 2.24. The molecule has 2 N–H and O–H groups in total. The van der Waals surface area contributed by atoms with Gasteiger partial charge >= 0.3 is 0 Å². The summed E-state index contributed by atoms with van der Waals surface area (Å²) >= 11 is 0. The van der Waals surface area contributed by atoms with E-state index in [-0.39, 0.29) is 16.7 Å². The number of hydrogen-bond acceptors (Lipinski definition) is 4. The van der Waals surface area contributed by atoms with Crippen molar-refractivity contribution in [2.75, 3.05) is 18.0 Å². The molecule has 0 aliphatic carbocycles. The zero-order valence-electron chi connectivity index (χ0n) is 10.8. The second kappa shape index (κ2) is 4.94. The van der Waals surface area contributed by atoms with Gasteiger partial charge in [-0.1, -0.05) is 6.92 Å². The van der Waals surface area contributed by atoms with Crippen LogP contribution in [0, 0.1) is 23.0 Å². The van der Waals surface area contributed by atoms with Gasteiger partial charge in [-0.2, -0.15) is 0 Å². The van der Waals surface area contributed by atoms with Crippen molar-refractivity contribution >= 4 is 11.4 Å². The van der Waals surface area contributed by atoms with E-state index < -0.39 is 0 Å². The van der Waals surface area contributed by atoms with E-state index in [1.54, 1.807) is 13.0 Å².